The van der Waals surface area contributed by atoms with E-state index in [1.807, 2.05) is 0 Å². The van der Waals surface area contributed by atoms with E-state index in [0.29, 0.717) is 17.0 Å². The number of nitrogens with one attached hydrogen (secondary N) is 1. The molecule has 8 heteroatoms. The fraction of sp³-hybridized carbons (Fsp3) is 0.387. The summed E-state index contributed by atoms with van der Waals surface area (Å²) in [6.07, 6.45) is 2.21. The Kier molecular flexibility index (Phi) is 8.61. The average molecular weight is 551 g/mol. The van der Waals surface area contributed by atoms with Crippen molar-refractivity contribution in [2.24, 2.45) is 5.92 Å². The molecule has 0 aliphatic heterocycles. The third-order valence-corrected chi connectivity index (χ3v) is 9.37. The number of aliphatic hydroxyl groups is 1. The van der Waals surface area contributed by atoms with Crippen LogP contribution in [0.1, 0.15) is 47.3 Å². The van der Waals surface area contributed by atoms with Crippen LogP contribution in [-0.4, -0.2) is 60.7 Å². The summed E-state index contributed by atoms with van der Waals surface area (Å²) in [5, 5.41) is 23.4. The van der Waals surface area contributed by atoms with Gasteiger partial charge < -0.3 is 15.5 Å². The molecule has 1 aliphatic carbocycles. The SMILES string of the molecule is Cc1cc(-c2cccc(S(=O)(=O)N(C)C[C@H](O)CNC(C)(C)CC3Cc4ccccc4C3)c2)ccc1C(=O)O. The maximum absolute atomic E-state index is 13.3. The first kappa shape index (κ1) is 29.0. The van der Waals surface area contributed by atoms with E-state index in [9.17, 15) is 23.4 Å². The third kappa shape index (κ3) is 6.94. The lowest BCUT2D eigenvalue weighted by atomic mass is 9.88. The second-order valence-corrected chi connectivity index (χ2v) is 13.4. The van der Waals surface area contributed by atoms with Gasteiger partial charge in [0.05, 0.1) is 16.6 Å². The van der Waals surface area contributed by atoms with Crippen LogP contribution in [0.3, 0.4) is 0 Å². The normalized spacial score (nSPS) is 14.9. The first-order valence-corrected chi connectivity index (χ1v) is 14.7. The Hall–Kier alpha value is -3.04. The number of nitrogens with zero attached hydrogens (tertiary/aromatic N) is 1. The van der Waals surface area contributed by atoms with Crippen LogP contribution in [0.2, 0.25) is 0 Å². The van der Waals surface area contributed by atoms with Gasteiger partial charge in [-0.15, -0.1) is 0 Å². The molecule has 0 aromatic heterocycles. The second-order valence-electron chi connectivity index (χ2n) is 11.3. The number of carbonyl (C=O) groups is 1. The number of aryl methyl sites for hydroxylation is 1. The fourth-order valence-corrected chi connectivity index (χ4v) is 6.80. The Morgan fingerprint density at radius 1 is 1.03 bits per heavy atom. The second kappa shape index (κ2) is 11.6. The zero-order valence-corrected chi connectivity index (χ0v) is 23.8. The average Bonchev–Trinajstić information content (AvgIpc) is 3.29. The van der Waals surface area contributed by atoms with Gasteiger partial charge >= 0.3 is 5.97 Å². The molecule has 3 aromatic rings. The number of benzene rings is 3. The molecule has 3 N–H and O–H groups in total. The lowest BCUT2D eigenvalue weighted by Gasteiger charge is -2.31. The van der Waals surface area contributed by atoms with Gasteiger partial charge in [0.2, 0.25) is 10.0 Å². The van der Waals surface area contributed by atoms with Gasteiger partial charge in [0, 0.05) is 25.7 Å². The van der Waals surface area contributed by atoms with Crippen LogP contribution < -0.4 is 5.32 Å². The number of carboxylic acid groups (broad SMARTS) is 1. The molecule has 3 aromatic carbocycles. The van der Waals surface area contributed by atoms with Gasteiger partial charge in [-0.05, 0) is 92.0 Å². The molecule has 1 atom stereocenters. The molecule has 0 unspecified atom stereocenters. The molecule has 0 saturated carbocycles. The van der Waals surface area contributed by atoms with E-state index < -0.39 is 22.1 Å². The highest BCUT2D eigenvalue weighted by molar-refractivity contribution is 7.89. The molecule has 0 saturated heterocycles. The predicted molar refractivity (Wildman–Crippen MR) is 153 cm³/mol. The van der Waals surface area contributed by atoms with E-state index in [2.05, 4.69) is 43.4 Å². The topological polar surface area (TPSA) is 107 Å². The first-order chi connectivity index (χ1) is 18.4. The smallest absolute Gasteiger partial charge is 0.335 e. The number of likely N-dealkylation sites (N-methyl/N-ethyl adjacent to an activating group) is 1. The number of carboxylic acids is 1. The standard InChI is InChI=1S/C31H38N2O5S/c1-21-14-26(12-13-29(21)30(35)36)25-10-7-11-28(17-25)39(37,38)33(4)20-27(34)19-32-31(2,3)18-22-15-23-8-5-6-9-24(23)16-22/h5-14,17,22,27,32,34H,15-16,18-20H2,1-4H3,(H,35,36)/t27-/m1/s1. The van der Waals surface area contributed by atoms with E-state index in [-0.39, 0.29) is 29.1 Å². The van der Waals surface area contributed by atoms with Crippen molar-refractivity contribution in [1.82, 2.24) is 9.62 Å². The summed E-state index contributed by atoms with van der Waals surface area (Å²) in [5.41, 5.74) is 4.84. The zero-order valence-electron chi connectivity index (χ0n) is 23.0. The monoisotopic (exact) mass is 550 g/mol. The van der Waals surface area contributed by atoms with Crippen molar-refractivity contribution in [3.8, 4) is 11.1 Å². The van der Waals surface area contributed by atoms with Crippen molar-refractivity contribution >= 4 is 16.0 Å². The van der Waals surface area contributed by atoms with Crippen LogP contribution in [0.5, 0.6) is 0 Å². The molecule has 0 radical (unpaired) electrons. The molecule has 4 rings (SSSR count). The van der Waals surface area contributed by atoms with Gasteiger partial charge in [-0.2, -0.15) is 4.31 Å². The Morgan fingerprint density at radius 2 is 1.67 bits per heavy atom. The van der Waals surface area contributed by atoms with E-state index >= 15 is 0 Å². The van der Waals surface area contributed by atoms with Gasteiger partial charge in [0.1, 0.15) is 0 Å². The van der Waals surface area contributed by atoms with E-state index in [1.54, 1.807) is 37.3 Å². The molecular formula is C31H38N2O5S. The fourth-order valence-electron chi connectivity index (χ4n) is 5.54. The predicted octanol–water partition coefficient (Wildman–Crippen LogP) is 4.51. The summed E-state index contributed by atoms with van der Waals surface area (Å²) < 4.78 is 27.8. The lowest BCUT2D eigenvalue weighted by Crippen LogP contribution is -2.47. The minimum Gasteiger partial charge on any atom is -0.478 e. The lowest BCUT2D eigenvalue weighted by molar-refractivity contribution is 0.0696. The maximum Gasteiger partial charge on any atom is 0.335 e. The van der Waals surface area contributed by atoms with Gasteiger partial charge in [0.25, 0.3) is 0 Å². The van der Waals surface area contributed by atoms with Crippen LogP contribution in [0.4, 0.5) is 0 Å². The van der Waals surface area contributed by atoms with Crippen LogP contribution in [0.25, 0.3) is 11.1 Å². The Balaban J connectivity index is 1.35. The molecule has 39 heavy (non-hydrogen) atoms. The quantitative estimate of drug-likeness (QED) is 0.324. The summed E-state index contributed by atoms with van der Waals surface area (Å²) in [6.45, 7) is 6.20. The van der Waals surface area contributed by atoms with Crippen molar-refractivity contribution in [2.45, 2.75) is 56.6 Å². The number of hydrogen-bond donors (Lipinski definition) is 3. The minimum absolute atomic E-state index is 0.0447. The third-order valence-electron chi connectivity index (χ3n) is 7.55. The summed E-state index contributed by atoms with van der Waals surface area (Å²) >= 11 is 0. The number of β-amino-alcohol motifs (C(OH)–C–C–N with tert-alkyl or cyclic N) is 1. The highest BCUT2D eigenvalue weighted by Crippen LogP contribution is 2.32. The number of aromatic carboxylic acids is 1. The number of hydrogen-bond acceptors (Lipinski definition) is 5. The first-order valence-electron chi connectivity index (χ1n) is 13.3. The Morgan fingerprint density at radius 3 is 2.28 bits per heavy atom. The number of rotatable bonds is 11. The minimum atomic E-state index is -3.85. The summed E-state index contributed by atoms with van der Waals surface area (Å²) in [7, 11) is -2.38. The summed E-state index contributed by atoms with van der Waals surface area (Å²) in [6, 6.07) is 20.1. The van der Waals surface area contributed by atoms with Crippen LogP contribution in [-0.2, 0) is 22.9 Å². The highest BCUT2D eigenvalue weighted by Gasteiger charge is 2.29. The summed E-state index contributed by atoms with van der Waals surface area (Å²) in [5.74, 6) is -0.459. The molecular weight excluding hydrogens is 512 g/mol. The molecule has 0 bridgehead atoms. The molecule has 0 spiro atoms. The molecule has 208 valence electrons. The highest BCUT2D eigenvalue weighted by atomic mass is 32.2. The number of fused-ring (bicyclic) bond motifs is 1. The van der Waals surface area contributed by atoms with Gasteiger partial charge in [-0.1, -0.05) is 48.5 Å². The Bertz CT molecular complexity index is 1430. The van der Waals surface area contributed by atoms with E-state index in [1.165, 1.54) is 34.6 Å². The van der Waals surface area contributed by atoms with E-state index in [4.69, 9.17) is 0 Å². The number of sulfonamides is 1. The largest absolute Gasteiger partial charge is 0.478 e. The zero-order chi connectivity index (χ0) is 28.4. The van der Waals surface area contributed by atoms with Crippen molar-refractivity contribution in [3.05, 3.63) is 89.0 Å². The van der Waals surface area contributed by atoms with Crippen molar-refractivity contribution in [3.63, 3.8) is 0 Å². The number of aliphatic hydroxyl groups excluding tert-OH is 1. The van der Waals surface area contributed by atoms with Gasteiger partial charge in [-0.3, -0.25) is 0 Å². The van der Waals surface area contributed by atoms with E-state index in [0.717, 1.165) is 24.8 Å². The molecule has 0 heterocycles. The van der Waals surface area contributed by atoms with Crippen LogP contribution >= 0.6 is 0 Å². The maximum atomic E-state index is 13.3. The molecule has 7 nitrogen and oxygen atoms in total. The van der Waals surface area contributed by atoms with Gasteiger partial charge in [-0.25, -0.2) is 13.2 Å². The molecule has 0 amide bonds. The van der Waals surface area contributed by atoms with Gasteiger partial charge in [0.15, 0.2) is 0 Å². The molecule has 0 fully saturated rings. The molecule has 1 aliphatic rings. The van der Waals surface area contributed by atoms with Crippen molar-refractivity contribution in [2.75, 3.05) is 20.1 Å². The van der Waals surface area contributed by atoms with Crippen LogP contribution in [0, 0.1) is 12.8 Å². The van der Waals surface area contributed by atoms with Crippen LogP contribution in [0.15, 0.2) is 71.6 Å². The van der Waals surface area contributed by atoms with Crippen molar-refractivity contribution in [1.29, 1.82) is 0 Å². The van der Waals surface area contributed by atoms with Crippen molar-refractivity contribution < 1.29 is 23.4 Å². The Labute approximate surface area is 231 Å². The summed E-state index contributed by atoms with van der Waals surface area (Å²) in [4.78, 5) is 11.4.